The maximum atomic E-state index is 7.38. The number of nitrogens with one attached hydrogen (secondary N) is 1. The minimum Gasteiger partial charge on any atom is -0.382 e. The SMILES string of the molecule is Cc1cc(C(=N)N)nc(Sc2nccn2C)n1. The monoisotopic (exact) mass is 248 g/mol. The highest BCUT2D eigenvalue weighted by atomic mass is 32.2. The van der Waals surface area contributed by atoms with E-state index in [1.54, 1.807) is 12.3 Å². The Kier molecular flexibility index (Phi) is 3.10. The third-order valence-electron chi connectivity index (χ3n) is 2.07. The third-order valence-corrected chi connectivity index (χ3v) is 3.01. The number of amidine groups is 1. The highest BCUT2D eigenvalue weighted by Gasteiger charge is 2.08. The van der Waals surface area contributed by atoms with Crippen LogP contribution in [0.1, 0.15) is 11.4 Å². The zero-order valence-corrected chi connectivity index (χ0v) is 10.3. The molecule has 2 aromatic rings. The van der Waals surface area contributed by atoms with Gasteiger partial charge in [-0.3, -0.25) is 5.41 Å². The lowest BCUT2D eigenvalue weighted by atomic mass is 10.3. The summed E-state index contributed by atoms with van der Waals surface area (Å²) in [5, 5.41) is 8.72. The number of nitrogens with two attached hydrogens (primary N) is 1. The van der Waals surface area contributed by atoms with Gasteiger partial charge in [-0.1, -0.05) is 0 Å². The number of nitrogens with zero attached hydrogens (tertiary/aromatic N) is 4. The molecule has 0 saturated carbocycles. The van der Waals surface area contributed by atoms with Crippen LogP contribution in [0.3, 0.4) is 0 Å². The fraction of sp³-hybridized carbons (Fsp3) is 0.200. The van der Waals surface area contributed by atoms with E-state index in [1.165, 1.54) is 11.8 Å². The maximum Gasteiger partial charge on any atom is 0.196 e. The number of hydrogen-bond donors (Lipinski definition) is 2. The van der Waals surface area contributed by atoms with Crippen molar-refractivity contribution in [3.8, 4) is 0 Å². The Hall–Kier alpha value is -1.89. The Balaban J connectivity index is 2.33. The van der Waals surface area contributed by atoms with Crippen molar-refractivity contribution in [1.82, 2.24) is 19.5 Å². The lowest BCUT2D eigenvalue weighted by Crippen LogP contribution is -2.14. The van der Waals surface area contributed by atoms with Crippen molar-refractivity contribution in [1.29, 1.82) is 5.41 Å². The van der Waals surface area contributed by atoms with E-state index in [4.69, 9.17) is 11.1 Å². The molecule has 0 amide bonds. The van der Waals surface area contributed by atoms with Crippen molar-refractivity contribution >= 4 is 17.6 Å². The van der Waals surface area contributed by atoms with E-state index >= 15 is 0 Å². The average molecular weight is 248 g/mol. The van der Waals surface area contributed by atoms with Gasteiger partial charge in [-0.15, -0.1) is 0 Å². The molecule has 0 bridgehead atoms. The van der Waals surface area contributed by atoms with Gasteiger partial charge >= 0.3 is 0 Å². The standard InChI is InChI=1S/C10H12N6S/c1-6-5-7(8(11)12)15-9(14-6)17-10-13-3-4-16(10)2/h3-5H,1-2H3,(H3,11,12). The first-order valence-electron chi connectivity index (χ1n) is 4.91. The molecule has 0 aliphatic rings. The minimum atomic E-state index is -0.0582. The van der Waals surface area contributed by atoms with E-state index in [0.717, 1.165) is 10.9 Å². The molecule has 0 aliphatic carbocycles. The molecule has 0 aromatic carbocycles. The molecule has 2 rings (SSSR count). The lowest BCUT2D eigenvalue weighted by molar-refractivity contribution is 0.784. The van der Waals surface area contributed by atoms with Crippen LogP contribution < -0.4 is 5.73 Å². The smallest absolute Gasteiger partial charge is 0.196 e. The molecule has 0 fully saturated rings. The van der Waals surface area contributed by atoms with Crippen LogP contribution in [0.4, 0.5) is 0 Å². The van der Waals surface area contributed by atoms with Crippen molar-refractivity contribution in [3.63, 3.8) is 0 Å². The largest absolute Gasteiger partial charge is 0.382 e. The van der Waals surface area contributed by atoms with Crippen LogP contribution in [-0.2, 0) is 7.05 Å². The van der Waals surface area contributed by atoms with Gasteiger partial charge in [0.25, 0.3) is 0 Å². The Labute approximate surface area is 103 Å². The minimum absolute atomic E-state index is 0.0582. The summed E-state index contributed by atoms with van der Waals surface area (Å²) in [5.41, 5.74) is 6.64. The number of hydrogen-bond acceptors (Lipinski definition) is 5. The molecule has 0 saturated heterocycles. The Morgan fingerprint density at radius 3 is 2.82 bits per heavy atom. The number of imidazole rings is 1. The quantitative estimate of drug-likeness (QED) is 0.479. The van der Waals surface area contributed by atoms with Gasteiger partial charge in [0, 0.05) is 25.1 Å². The van der Waals surface area contributed by atoms with Crippen molar-refractivity contribution < 1.29 is 0 Å². The summed E-state index contributed by atoms with van der Waals surface area (Å²) in [6.07, 6.45) is 3.56. The second-order valence-electron chi connectivity index (χ2n) is 3.51. The summed E-state index contributed by atoms with van der Waals surface area (Å²) in [4.78, 5) is 12.7. The van der Waals surface area contributed by atoms with Gasteiger partial charge in [-0.25, -0.2) is 15.0 Å². The van der Waals surface area contributed by atoms with Gasteiger partial charge in [0.15, 0.2) is 10.3 Å². The number of aryl methyl sites for hydroxylation is 2. The Morgan fingerprint density at radius 2 is 2.24 bits per heavy atom. The van der Waals surface area contributed by atoms with E-state index in [0.29, 0.717) is 10.9 Å². The summed E-state index contributed by atoms with van der Waals surface area (Å²) in [6.45, 7) is 1.84. The maximum absolute atomic E-state index is 7.38. The lowest BCUT2D eigenvalue weighted by Gasteiger charge is -2.04. The van der Waals surface area contributed by atoms with Gasteiger partial charge in [-0.2, -0.15) is 0 Å². The van der Waals surface area contributed by atoms with E-state index in [9.17, 15) is 0 Å². The van der Waals surface area contributed by atoms with Crippen molar-refractivity contribution in [2.24, 2.45) is 12.8 Å². The number of rotatable bonds is 3. The number of aromatic nitrogens is 4. The first-order chi connectivity index (χ1) is 8.06. The van der Waals surface area contributed by atoms with Gasteiger partial charge in [-0.05, 0) is 24.8 Å². The molecule has 0 atom stereocenters. The molecule has 17 heavy (non-hydrogen) atoms. The molecule has 7 heteroatoms. The molecular weight excluding hydrogens is 236 g/mol. The zero-order chi connectivity index (χ0) is 12.4. The van der Waals surface area contributed by atoms with Gasteiger partial charge in [0.2, 0.25) is 0 Å². The molecule has 3 N–H and O–H groups in total. The normalized spacial score (nSPS) is 10.5. The second-order valence-corrected chi connectivity index (χ2v) is 4.45. The summed E-state index contributed by atoms with van der Waals surface area (Å²) in [5.74, 6) is -0.0582. The summed E-state index contributed by atoms with van der Waals surface area (Å²) >= 11 is 1.34. The molecule has 0 unspecified atom stereocenters. The molecule has 6 nitrogen and oxygen atoms in total. The van der Waals surface area contributed by atoms with Crippen LogP contribution in [0.2, 0.25) is 0 Å². The van der Waals surface area contributed by atoms with Crippen LogP contribution in [0.25, 0.3) is 0 Å². The summed E-state index contributed by atoms with van der Waals surface area (Å²) in [7, 11) is 1.90. The highest BCUT2D eigenvalue weighted by molar-refractivity contribution is 7.99. The molecular formula is C10H12N6S. The van der Waals surface area contributed by atoms with E-state index in [2.05, 4.69) is 15.0 Å². The van der Waals surface area contributed by atoms with Gasteiger partial charge in [0.1, 0.15) is 11.5 Å². The predicted molar refractivity (Wildman–Crippen MR) is 65.1 cm³/mol. The topological polar surface area (TPSA) is 93.5 Å². The fourth-order valence-corrected chi connectivity index (χ4v) is 2.07. The average Bonchev–Trinajstić information content (AvgIpc) is 2.63. The van der Waals surface area contributed by atoms with E-state index < -0.39 is 0 Å². The van der Waals surface area contributed by atoms with Crippen molar-refractivity contribution in [3.05, 3.63) is 29.8 Å². The van der Waals surface area contributed by atoms with Crippen LogP contribution >= 0.6 is 11.8 Å². The summed E-state index contributed by atoms with van der Waals surface area (Å²) in [6, 6.07) is 1.69. The Morgan fingerprint density at radius 1 is 1.47 bits per heavy atom. The van der Waals surface area contributed by atoms with E-state index in [1.807, 2.05) is 24.7 Å². The second kappa shape index (κ2) is 4.54. The predicted octanol–water partition coefficient (Wildman–Crippen LogP) is 0.954. The van der Waals surface area contributed by atoms with Crippen LogP contribution in [0, 0.1) is 12.3 Å². The van der Waals surface area contributed by atoms with Crippen molar-refractivity contribution in [2.75, 3.05) is 0 Å². The molecule has 0 spiro atoms. The molecule has 2 heterocycles. The van der Waals surface area contributed by atoms with Gasteiger partial charge in [0.05, 0.1) is 0 Å². The van der Waals surface area contributed by atoms with Gasteiger partial charge < -0.3 is 10.3 Å². The Bertz CT molecular complexity index is 562. The van der Waals surface area contributed by atoms with Crippen LogP contribution in [0.15, 0.2) is 28.8 Å². The molecule has 0 aliphatic heterocycles. The number of nitrogen functional groups attached to an aromatic ring is 1. The molecule has 2 aromatic heterocycles. The summed E-state index contributed by atoms with van der Waals surface area (Å²) < 4.78 is 1.88. The third kappa shape index (κ3) is 2.62. The van der Waals surface area contributed by atoms with Crippen LogP contribution in [-0.4, -0.2) is 25.4 Å². The molecule has 88 valence electrons. The van der Waals surface area contributed by atoms with Crippen molar-refractivity contribution in [2.45, 2.75) is 17.2 Å². The first-order valence-corrected chi connectivity index (χ1v) is 5.73. The molecule has 0 radical (unpaired) electrons. The van der Waals surface area contributed by atoms with E-state index in [-0.39, 0.29) is 5.84 Å². The first kappa shape index (κ1) is 11.6. The van der Waals surface area contributed by atoms with Crippen LogP contribution in [0.5, 0.6) is 0 Å². The zero-order valence-electron chi connectivity index (χ0n) is 9.51. The highest BCUT2D eigenvalue weighted by Crippen LogP contribution is 2.22. The fourth-order valence-electron chi connectivity index (χ4n) is 1.26.